The molecule has 0 aromatic rings. The molecule has 0 aromatic heterocycles. The Morgan fingerprint density at radius 1 is 1.80 bits per heavy atom. The van der Waals surface area contributed by atoms with E-state index in [1.807, 2.05) is 0 Å². The summed E-state index contributed by atoms with van der Waals surface area (Å²) in [6.07, 6.45) is 1.44. The minimum Gasteiger partial charge on any atom is -0.785 e. The second kappa shape index (κ2) is 6.00. The van der Waals surface area contributed by atoms with Crippen LogP contribution >= 0.6 is 30.2 Å². The van der Waals surface area contributed by atoms with E-state index in [1.165, 1.54) is 13.4 Å². The predicted molar refractivity (Wildman–Crippen MR) is 40.7 cm³/mol. The fourth-order valence-corrected chi connectivity index (χ4v) is 1.90. The molecule has 0 N–H and O–H groups in total. The Balaban J connectivity index is 0. The van der Waals surface area contributed by atoms with E-state index in [-0.39, 0.29) is 34.3 Å². The van der Waals surface area contributed by atoms with Gasteiger partial charge in [-0.2, -0.15) is 0 Å². The molecule has 0 spiro atoms. The summed E-state index contributed by atoms with van der Waals surface area (Å²) in [5, 5.41) is 0. The van der Waals surface area contributed by atoms with Crippen LogP contribution in [-0.2, 0) is 9.30 Å². The van der Waals surface area contributed by atoms with Crippen molar-refractivity contribution in [1.29, 1.82) is 0 Å². The minimum atomic E-state index is -3.59. The van der Waals surface area contributed by atoms with Crippen LogP contribution in [0.5, 0.6) is 0 Å². The molecule has 0 bridgehead atoms. The van der Waals surface area contributed by atoms with E-state index >= 15 is 0 Å². The Morgan fingerprint density at radius 3 is 2.30 bits per heavy atom. The molecule has 54 valence electrons. The zero-order valence-corrected chi connectivity index (χ0v) is 10.5. The van der Waals surface area contributed by atoms with Crippen molar-refractivity contribution in [2.75, 3.05) is 13.4 Å². The van der Waals surface area contributed by atoms with Gasteiger partial charge in [0.15, 0.2) is 0 Å². The first kappa shape index (κ1) is 14.0. The number of ether oxygens (including phenoxy) is 1. The van der Waals surface area contributed by atoms with Gasteiger partial charge in [0, 0.05) is 0 Å². The van der Waals surface area contributed by atoms with Crippen molar-refractivity contribution in [2.24, 2.45) is 0 Å². The third-order valence-corrected chi connectivity index (χ3v) is 4.92. The van der Waals surface area contributed by atoms with Crippen molar-refractivity contribution in [1.82, 2.24) is 0 Å². The molecule has 0 radical (unpaired) electrons. The summed E-state index contributed by atoms with van der Waals surface area (Å²) in [4.78, 5) is 10.3. The average molecular weight is 208 g/mol. The summed E-state index contributed by atoms with van der Waals surface area (Å²) in [5.41, 5.74) is 0. The molecule has 0 aliphatic rings. The van der Waals surface area contributed by atoms with Gasteiger partial charge in [0.1, 0.15) is 6.57 Å². The maximum Gasteiger partial charge on any atom is 1.00 e. The molecule has 7 heteroatoms. The zero-order valence-electron chi connectivity index (χ0n) is 5.99. The first-order valence-corrected chi connectivity index (χ1v) is 5.86. The molecule has 0 saturated heterocycles. The molecule has 0 fully saturated rings. The number of hydrogen-bond donors (Lipinski definition) is 0. The van der Waals surface area contributed by atoms with Gasteiger partial charge in [-0.15, -0.1) is 11.4 Å². The monoisotopic (exact) mass is 208 g/mol. The SMILES string of the molecule is COC(=S)P(=O)([O-])SC.[Na+]. The van der Waals surface area contributed by atoms with Crippen LogP contribution in [0.15, 0.2) is 0 Å². The number of methoxy groups -OCH3 is 1. The normalized spacial score (nSPS) is 14.7. The van der Waals surface area contributed by atoms with E-state index < -0.39 is 6.57 Å². The summed E-state index contributed by atoms with van der Waals surface area (Å²) < 4.78 is 15.0. The van der Waals surface area contributed by atoms with Gasteiger partial charge in [0.25, 0.3) is 0 Å². The van der Waals surface area contributed by atoms with Gasteiger partial charge in [-0.25, -0.2) is 0 Å². The molecule has 0 aliphatic carbocycles. The summed E-state index contributed by atoms with van der Waals surface area (Å²) >= 11 is 5.07. The molecule has 0 aromatic carbocycles. The molecule has 0 heterocycles. The van der Waals surface area contributed by atoms with Crippen LogP contribution in [0.4, 0.5) is 0 Å². The standard InChI is InChI=1S/C3H7O3PS2.Na/c1-6-3(8)7(4,5)9-2;/h1-2H3,(H,4,5);/q;+1/p-1. The van der Waals surface area contributed by atoms with Gasteiger partial charge in [-0.3, -0.25) is 0 Å². The van der Waals surface area contributed by atoms with Crippen LogP contribution in [0.2, 0.25) is 0 Å². The summed E-state index contributed by atoms with van der Waals surface area (Å²) in [6.45, 7) is -3.59. The Kier molecular flexibility index (Phi) is 8.39. The van der Waals surface area contributed by atoms with Crippen molar-refractivity contribution in [2.45, 2.75) is 0 Å². The quantitative estimate of drug-likeness (QED) is 0.294. The number of hydrogen-bond acceptors (Lipinski definition) is 5. The van der Waals surface area contributed by atoms with E-state index in [4.69, 9.17) is 0 Å². The maximum absolute atomic E-state index is 10.7. The van der Waals surface area contributed by atoms with E-state index in [1.54, 1.807) is 0 Å². The average Bonchev–Trinajstić information content (AvgIpc) is 1.86. The maximum atomic E-state index is 10.7. The molecule has 0 saturated carbocycles. The Hall–Kier alpha value is 1.43. The third kappa shape index (κ3) is 4.34. The van der Waals surface area contributed by atoms with Crippen LogP contribution in [0.1, 0.15) is 0 Å². The van der Waals surface area contributed by atoms with Crippen LogP contribution in [0.3, 0.4) is 0 Å². The van der Waals surface area contributed by atoms with Crippen LogP contribution < -0.4 is 34.5 Å². The van der Waals surface area contributed by atoms with Gasteiger partial charge in [0.2, 0.25) is 4.79 Å². The summed E-state index contributed by atoms with van der Waals surface area (Å²) in [6, 6.07) is 0. The van der Waals surface area contributed by atoms with Crippen molar-refractivity contribution >= 4 is 35.0 Å². The Morgan fingerprint density at radius 2 is 2.20 bits per heavy atom. The molecular weight excluding hydrogens is 202 g/mol. The van der Waals surface area contributed by atoms with E-state index in [2.05, 4.69) is 17.0 Å². The third-order valence-electron chi connectivity index (χ3n) is 0.639. The van der Waals surface area contributed by atoms with Gasteiger partial charge in [0.05, 0.1) is 7.11 Å². The van der Waals surface area contributed by atoms with Crippen LogP contribution in [0, 0.1) is 0 Å². The van der Waals surface area contributed by atoms with Gasteiger partial charge < -0.3 is 14.2 Å². The first-order chi connectivity index (χ1) is 4.04. The van der Waals surface area contributed by atoms with Gasteiger partial charge in [-0.05, 0) is 18.5 Å². The summed E-state index contributed by atoms with van der Waals surface area (Å²) in [5.74, 6) is 0. The van der Waals surface area contributed by atoms with E-state index in [0.29, 0.717) is 11.4 Å². The summed E-state index contributed by atoms with van der Waals surface area (Å²) in [7, 11) is 1.24. The molecule has 0 amide bonds. The van der Waals surface area contributed by atoms with E-state index in [9.17, 15) is 9.46 Å². The molecule has 0 rings (SSSR count). The van der Waals surface area contributed by atoms with Gasteiger partial charge in [-0.1, -0.05) is 0 Å². The van der Waals surface area contributed by atoms with E-state index in [0.717, 1.165) is 0 Å². The topological polar surface area (TPSA) is 49.4 Å². The second-order valence-corrected chi connectivity index (χ2v) is 6.13. The first-order valence-electron chi connectivity index (χ1n) is 2.00. The molecular formula is C3H6NaO3PS2. The fraction of sp³-hybridized carbons (Fsp3) is 0.667. The number of rotatable bonds is 2. The largest absolute Gasteiger partial charge is 1.00 e. The molecule has 1 unspecified atom stereocenters. The van der Waals surface area contributed by atoms with Gasteiger partial charge >= 0.3 is 29.6 Å². The Labute approximate surface area is 91.4 Å². The number of thiocarbonyl (C=S) groups is 1. The van der Waals surface area contributed by atoms with Crippen LogP contribution in [-0.4, -0.2) is 18.2 Å². The van der Waals surface area contributed by atoms with Crippen molar-refractivity contribution in [3.63, 3.8) is 0 Å². The minimum absolute atomic E-state index is 0. The Bertz CT molecular complexity index is 162. The molecule has 10 heavy (non-hydrogen) atoms. The van der Waals surface area contributed by atoms with Crippen molar-refractivity contribution in [3.8, 4) is 0 Å². The second-order valence-electron chi connectivity index (χ2n) is 1.15. The molecule has 1 atom stereocenters. The van der Waals surface area contributed by atoms with Crippen LogP contribution in [0.25, 0.3) is 0 Å². The fourth-order valence-electron chi connectivity index (χ4n) is 0.186. The molecule has 3 nitrogen and oxygen atoms in total. The smallest absolute Gasteiger partial charge is 0.785 e. The van der Waals surface area contributed by atoms with Crippen molar-refractivity contribution in [3.05, 3.63) is 0 Å². The predicted octanol–water partition coefficient (Wildman–Crippen LogP) is -2.16. The molecule has 0 aliphatic heterocycles. The zero-order chi connectivity index (χ0) is 7.49. The van der Waals surface area contributed by atoms with Crippen molar-refractivity contribution < 1.29 is 43.8 Å².